The van der Waals surface area contributed by atoms with E-state index in [0.717, 1.165) is 11.3 Å². The van der Waals surface area contributed by atoms with E-state index in [2.05, 4.69) is 10.6 Å². The molecule has 0 aliphatic carbocycles. The van der Waals surface area contributed by atoms with Crippen molar-refractivity contribution < 1.29 is 14.3 Å². The molecule has 1 aliphatic rings. The lowest BCUT2D eigenvalue weighted by atomic mass is 9.93. The van der Waals surface area contributed by atoms with Gasteiger partial charge in [-0.15, -0.1) is 0 Å². The second-order valence-corrected chi connectivity index (χ2v) is 6.86. The van der Waals surface area contributed by atoms with Crippen molar-refractivity contribution in [2.75, 3.05) is 6.61 Å². The number of halogens is 1. The van der Waals surface area contributed by atoms with Crippen LogP contribution in [0.3, 0.4) is 0 Å². The Balaban J connectivity index is 2.57. The predicted molar refractivity (Wildman–Crippen MR) is 103 cm³/mol. The maximum absolute atomic E-state index is 12.2. The number of carbonyl (C=O) groups excluding carboxylic acids is 1. The van der Waals surface area contributed by atoms with Gasteiger partial charge in [-0.25, -0.2) is 0 Å². The van der Waals surface area contributed by atoms with Gasteiger partial charge >= 0.3 is 0 Å². The number of hydrogen-bond acceptors (Lipinski definition) is 4. The van der Waals surface area contributed by atoms with Crippen LogP contribution < -0.4 is 20.1 Å². The number of allylic oxidation sites excluding steroid dienone is 1. The summed E-state index contributed by atoms with van der Waals surface area (Å²) in [5.74, 6) is 1.11. The van der Waals surface area contributed by atoms with Crippen molar-refractivity contribution in [2.24, 2.45) is 0 Å². The highest BCUT2D eigenvalue weighted by Gasteiger charge is 2.30. The molecule has 1 aromatic carbocycles. The number of nitrogens with one attached hydrogen (secondary N) is 2. The standard InChI is InChI=1S/C18H23ClN2O3S/c1-6-23-14-7-12(13(19)8-15(14)24-9(2)3)17-16(11(5)22)10(4)20-18(25)21-17/h7-9,17H,6H2,1-5H3,(H2,20,21,25). The van der Waals surface area contributed by atoms with Gasteiger partial charge in [-0.2, -0.15) is 0 Å². The fourth-order valence-electron chi connectivity index (χ4n) is 2.78. The monoisotopic (exact) mass is 382 g/mol. The molecule has 1 atom stereocenters. The third-order valence-corrected chi connectivity index (χ3v) is 4.23. The molecule has 0 fully saturated rings. The van der Waals surface area contributed by atoms with Gasteiger partial charge in [-0.1, -0.05) is 11.6 Å². The summed E-state index contributed by atoms with van der Waals surface area (Å²) in [5.41, 5.74) is 2.03. The second-order valence-electron chi connectivity index (χ2n) is 6.05. The molecule has 1 aliphatic heterocycles. The van der Waals surface area contributed by atoms with Crippen LogP contribution in [0.5, 0.6) is 11.5 Å². The van der Waals surface area contributed by atoms with Crippen molar-refractivity contribution in [1.82, 2.24) is 10.6 Å². The highest BCUT2D eigenvalue weighted by Crippen LogP contribution is 2.40. The summed E-state index contributed by atoms with van der Waals surface area (Å²) in [5, 5.41) is 7.04. The smallest absolute Gasteiger partial charge is 0.171 e. The van der Waals surface area contributed by atoms with Crippen LogP contribution in [0.15, 0.2) is 23.4 Å². The van der Waals surface area contributed by atoms with E-state index in [-0.39, 0.29) is 11.9 Å². The van der Waals surface area contributed by atoms with E-state index >= 15 is 0 Å². The molecule has 0 radical (unpaired) electrons. The van der Waals surface area contributed by atoms with Crippen LogP contribution in [0, 0.1) is 0 Å². The van der Waals surface area contributed by atoms with Gasteiger partial charge in [0.15, 0.2) is 22.4 Å². The third kappa shape index (κ3) is 4.44. The van der Waals surface area contributed by atoms with Crippen molar-refractivity contribution in [1.29, 1.82) is 0 Å². The summed E-state index contributed by atoms with van der Waals surface area (Å²) in [4.78, 5) is 12.2. The molecule has 0 spiro atoms. The van der Waals surface area contributed by atoms with Gasteiger partial charge in [0.05, 0.1) is 23.8 Å². The van der Waals surface area contributed by atoms with E-state index in [4.69, 9.17) is 33.3 Å². The van der Waals surface area contributed by atoms with Gasteiger partial charge in [-0.05, 0) is 52.9 Å². The van der Waals surface area contributed by atoms with Crippen molar-refractivity contribution in [2.45, 2.75) is 46.8 Å². The molecule has 0 amide bonds. The molecule has 0 bridgehead atoms. The SMILES string of the molecule is CCOc1cc(C2NC(=S)NC(C)=C2C(C)=O)c(Cl)cc1OC(C)C. The minimum Gasteiger partial charge on any atom is -0.490 e. The lowest BCUT2D eigenvalue weighted by molar-refractivity contribution is -0.114. The molecule has 7 heteroatoms. The molecule has 2 rings (SSSR count). The van der Waals surface area contributed by atoms with E-state index in [9.17, 15) is 4.79 Å². The first-order valence-corrected chi connectivity index (χ1v) is 8.95. The summed E-state index contributed by atoms with van der Waals surface area (Å²) in [6.07, 6.45) is -0.0133. The van der Waals surface area contributed by atoms with E-state index in [1.165, 1.54) is 6.92 Å². The zero-order valence-electron chi connectivity index (χ0n) is 15.0. The van der Waals surface area contributed by atoms with E-state index in [1.54, 1.807) is 6.07 Å². The van der Waals surface area contributed by atoms with Gasteiger partial charge in [-0.3, -0.25) is 4.79 Å². The third-order valence-electron chi connectivity index (χ3n) is 3.68. The lowest BCUT2D eigenvalue weighted by Crippen LogP contribution is -2.44. The Hall–Kier alpha value is -1.79. The second kappa shape index (κ2) is 8.06. The largest absolute Gasteiger partial charge is 0.490 e. The molecule has 2 N–H and O–H groups in total. The molecule has 0 saturated heterocycles. The van der Waals surface area contributed by atoms with Crippen molar-refractivity contribution in [3.63, 3.8) is 0 Å². The van der Waals surface area contributed by atoms with Gasteiger partial charge in [0.25, 0.3) is 0 Å². The highest BCUT2D eigenvalue weighted by molar-refractivity contribution is 7.80. The number of thiocarbonyl (C=S) groups is 1. The quantitative estimate of drug-likeness (QED) is 0.727. The van der Waals surface area contributed by atoms with Gasteiger partial charge in [0.2, 0.25) is 0 Å². The van der Waals surface area contributed by atoms with Crippen LogP contribution >= 0.6 is 23.8 Å². The molecule has 5 nitrogen and oxygen atoms in total. The first-order chi connectivity index (χ1) is 11.7. The van der Waals surface area contributed by atoms with Gasteiger partial charge < -0.3 is 20.1 Å². The van der Waals surface area contributed by atoms with Crippen LogP contribution in [0.2, 0.25) is 5.02 Å². The van der Waals surface area contributed by atoms with E-state index < -0.39 is 6.04 Å². The Morgan fingerprint density at radius 1 is 1.36 bits per heavy atom. The predicted octanol–water partition coefficient (Wildman–Crippen LogP) is 3.91. The molecule has 25 heavy (non-hydrogen) atoms. The maximum Gasteiger partial charge on any atom is 0.171 e. The summed E-state index contributed by atoms with van der Waals surface area (Å²) in [6.45, 7) is 9.61. The van der Waals surface area contributed by atoms with Crippen molar-refractivity contribution in [3.8, 4) is 11.5 Å². The summed E-state index contributed by atoms with van der Waals surface area (Å²) in [7, 11) is 0. The Labute approximate surface area is 158 Å². The molecule has 136 valence electrons. The first-order valence-electron chi connectivity index (χ1n) is 8.16. The number of hydrogen-bond donors (Lipinski definition) is 2. The minimum absolute atomic E-state index is 0.0133. The minimum atomic E-state index is -0.439. The number of Topliss-reactive ketones (excluding diaryl/α,β-unsaturated/α-hetero) is 1. The van der Waals surface area contributed by atoms with Crippen LogP contribution in [0.25, 0.3) is 0 Å². The Bertz CT molecular complexity index is 731. The summed E-state index contributed by atoms with van der Waals surface area (Å²) < 4.78 is 11.5. The number of rotatable bonds is 6. The van der Waals surface area contributed by atoms with Crippen LogP contribution in [0.1, 0.15) is 46.2 Å². The zero-order valence-corrected chi connectivity index (χ0v) is 16.6. The molecule has 1 heterocycles. The molecule has 1 aromatic rings. The zero-order chi connectivity index (χ0) is 18.7. The number of ether oxygens (including phenoxy) is 2. The Morgan fingerprint density at radius 2 is 2.04 bits per heavy atom. The van der Waals surface area contributed by atoms with Crippen LogP contribution in [-0.2, 0) is 4.79 Å². The van der Waals surface area contributed by atoms with Gasteiger partial charge in [0, 0.05) is 22.9 Å². The van der Waals surface area contributed by atoms with Crippen molar-refractivity contribution >= 4 is 34.7 Å². The Morgan fingerprint density at radius 3 is 2.60 bits per heavy atom. The molecule has 1 unspecified atom stereocenters. The number of carbonyl (C=O) groups is 1. The lowest BCUT2D eigenvalue weighted by Gasteiger charge is -2.31. The molecular formula is C18H23ClN2O3S. The molecular weight excluding hydrogens is 360 g/mol. The van der Waals surface area contributed by atoms with E-state index in [1.807, 2.05) is 33.8 Å². The van der Waals surface area contributed by atoms with Crippen LogP contribution in [0.4, 0.5) is 0 Å². The van der Waals surface area contributed by atoms with Crippen LogP contribution in [-0.4, -0.2) is 23.6 Å². The fraction of sp³-hybridized carbons (Fsp3) is 0.444. The number of ketones is 1. The van der Waals surface area contributed by atoms with Gasteiger partial charge in [0.1, 0.15) is 0 Å². The number of benzene rings is 1. The fourth-order valence-corrected chi connectivity index (χ4v) is 3.31. The average molecular weight is 383 g/mol. The van der Waals surface area contributed by atoms with E-state index in [0.29, 0.717) is 33.8 Å². The molecule has 0 aromatic heterocycles. The maximum atomic E-state index is 12.2. The van der Waals surface area contributed by atoms with Crippen molar-refractivity contribution in [3.05, 3.63) is 34.0 Å². The average Bonchev–Trinajstić information content (AvgIpc) is 2.48. The normalized spacial score (nSPS) is 17.2. The summed E-state index contributed by atoms with van der Waals surface area (Å²) in [6, 6.07) is 3.10. The molecule has 0 saturated carbocycles. The first kappa shape index (κ1) is 19.5. The Kier molecular flexibility index (Phi) is 6.30. The summed E-state index contributed by atoms with van der Waals surface area (Å²) >= 11 is 11.8. The topological polar surface area (TPSA) is 59.6 Å². The highest BCUT2D eigenvalue weighted by atomic mass is 35.5.